The molecule has 5 heteroatoms. The molecule has 1 aromatic heterocycles. The number of rotatable bonds is 2. The topological polar surface area (TPSA) is 70.1 Å². The average Bonchev–Trinajstić information content (AvgIpc) is 2.90. The van der Waals surface area contributed by atoms with E-state index in [2.05, 4.69) is 6.92 Å². The van der Waals surface area contributed by atoms with Gasteiger partial charge in [-0.15, -0.1) is 0 Å². The second-order valence-electron chi connectivity index (χ2n) is 6.70. The largest absolute Gasteiger partial charge is 0.380 e. The van der Waals surface area contributed by atoms with E-state index >= 15 is 0 Å². The summed E-state index contributed by atoms with van der Waals surface area (Å²) < 4.78 is 7.21. The van der Waals surface area contributed by atoms with Crippen LogP contribution >= 0.6 is 0 Å². The molecule has 2 heterocycles. The van der Waals surface area contributed by atoms with Crippen molar-refractivity contribution in [2.45, 2.75) is 38.6 Å². The summed E-state index contributed by atoms with van der Waals surface area (Å²) >= 11 is 0. The van der Waals surface area contributed by atoms with Crippen molar-refractivity contribution in [3.63, 3.8) is 0 Å². The maximum atomic E-state index is 12.8. The van der Waals surface area contributed by atoms with Gasteiger partial charge in [-0.05, 0) is 37.5 Å². The van der Waals surface area contributed by atoms with Crippen LogP contribution in [0.1, 0.15) is 43.3 Å². The lowest BCUT2D eigenvalue weighted by Crippen LogP contribution is -2.34. The first-order valence-electron chi connectivity index (χ1n) is 7.68. The Kier molecular flexibility index (Phi) is 3.57. The number of nitrogens with zero attached hydrogens (tertiary/aromatic N) is 2. The van der Waals surface area contributed by atoms with Gasteiger partial charge < -0.3 is 10.5 Å². The number of benzene rings is 1. The van der Waals surface area contributed by atoms with Crippen molar-refractivity contribution >= 4 is 10.9 Å². The Morgan fingerprint density at radius 1 is 1.45 bits per heavy atom. The first-order chi connectivity index (χ1) is 10.3. The molecule has 1 aliphatic heterocycles. The number of ether oxygens (including phenoxy) is 1. The highest BCUT2D eigenvalue weighted by molar-refractivity contribution is 5.82. The molecule has 1 aromatic carbocycles. The van der Waals surface area contributed by atoms with Crippen LogP contribution in [0.4, 0.5) is 0 Å². The molecule has 5 nitrogen and oxygen atoms in total. The van der Waals surface area contributed by atoms with Gasteiger partial charge in [0.15, 0.2) is 0 Å². The van der Waals surface area contributed by atoms with Gasteiger partial charge in [-0.1, -0.05) is 13.0 Å². The second-order valence-corrected chi connectivity index (χ2v) is 6.70. The minimum atomic E-state index is -0.220. The monoisotopic (exact) mass is 301 g/mol. The molecular formula is C17H23N3O2. The Hall–Kier alpha value is -1.72. The fourth-order valence-corrected chi connectivity index (χ4v) is 3.28. The first kappa shape index (κ1) is 15.2. The van der Waals surface area contributed by atoms with Gasteiger partial charge in [0.1, 0.15) is 5.82 Å². The third-order valence-corrected chi connectivity index (χ3v) is 4.60. The summed E-state index contributed by atoms with van der Waals surface area (Å²) in [5.41, 5.74) is 8.55. The number of aryl methyl sites for hydroxylation is 1. The summed E-state index contributed by atoms with van der Waals surface area (Å²) in [4.78, 5) is 17.7. The molecule has 3 rings (SSSR count). The molecule has 0 spiro atoms. The third-order valence-electron chi connectivity index (χ3n) is 4.60. The Labute approximate surface area is 130 Å². The molecule has 0 radical (unpaired) electrons. The summed E-state index contributed by atoms with van der Waals surface area (Å²) in [6, 6.07) is 3.76. The van der Waals surface area contributed by atoms with Gasteiger partial charge in [-0.25, -0.2) is 4.98 Å². The zero-order valence-electron chi connectivity index (χ0n) is 13.6. The zero-order valence-corrected chi connectivity index (χ0v) is 13.6. The van der Waals surface area contributed by atoms with Crippen LogP contribution in [0.2, 0.25) is 0 Å². The van der Waals surface area contributed by atoms with E-state index in [4.69, 9.17) is 15.5 Å². The molecule has 2 atom stereocenters. The van der Waals surface area contributed by atoms with Crippen molar-refractivity contribution in [1.82, 2.24) is 9.55 Å². The summed E-state index contributed by atoms with van der Waals surface area (Å²) in [6.45, 7) is 7.31. The molecule has 22 heavy (non-hydrogen) atoms. The van der Waals surface area contributed by atoms with Gasteiger partial charge in [0.2, 0.25) is 0 Å². The highest BCUT2D eigenvalue weighted by Gasteiger charge is 2.36. The summed E-state index contributed by atoms with van der Waals surface area (Å²) in [7, 11) is 1.79. The van der Waals surface area contributed by atoms with E-state index < -0.39 is 0 Å². The summed E-state index contributed by atoms with van der Waals surface area (Å²) in [5.74, 6) is 0.785. The van der Waals surface area contributed by atoms with Crippen molar-refractivity contribution in [3.8, 4) is 0 Å². The van der Waals surface area contributed by atoms with Crippen molar-refractivity contribution in [1.29, 1.82) is 0 Å². The minimum Gasteiger partial charge on any atom is -0.380 e. The molecule has 1 aliphatic rings. The SMILES string of the molecule is Cc1cc(C(C)N)c2nc(C3(C)CCOC3)n(C)c(=O)c2c1. The Morgan fingerprint density at radius 3 is 2.77 bits per heavy atom. The molecule has 2 N–H and O–H groups in total. The lowest BCUT2D eigenvalue weighted by Gasteiger charge is -2.24. The van der Waals surface area contributed by atoms with Gasteiger partial charge in [0, 0.05) is 19.7 Å². The second kappa shape index (κ2) is 5.18. The molecule has 2 aromatic rings. The van der Waals surface area contributed by atoms with Crippen LogP contribution in [0.5, 0.6) is 0 Å². The molecule has 2 unspecified atom stereocenters. The van der Waals surface area contributed by atoms with Gasteiger partial charge in [-0.2, -0.15) is 0 Å². The normalized spacial score (nSPS) is 23.1. The van der Waals surface area contributed by atoms with Crippen LogP contribution in [0, 0.1) is 6.92 Å². The standard InChI is InChI=1S/C17H23N3O2/c1-10-7-12(11(2)18)14-13(8-10)15(21)20(4)16(19-14)17(3)5-6-22-9-17/h7-8,11H,5-6,9,18H2,1-4H3. The summed E-state index contributed by atoms with van der Waals surface area (Å²) in [5, 5.41) is 0.640. The third kappa shape index (κ3) is 2.25. The van der Waals surface area contributed by atoms with Crippen LogP contribution < -0.4 is 11.3 Å². The molecule has 0 amide bonds. The molecule has 1 saturated heterocycles. The highest BCUT2D eigenvalue weighted by Crippen LogP contribution is 2.32. The predicted molar refractivity (Wildman–Crippen MR) is 87.1 cm³/mol. The molecular weight excluding hydrogens is 278 g/mol. The summed E-state index contributed by atoms with van der Waals surface area (Å²) in [6.07, 6.45) is 0.873. The number of hydrogen-bond donors (Lipinski definition) is 1. The van der Waals surface area contributed by atoms with Gasteiger partial charge in [0.25, 0.3) is 5.56 Å². The lowest BCUT2D eigenvalue weighted by atomic mass is 9.88. The average molecular weight is 301 g/mol. The fourth-order valence-electron chi connectivity index (χ4n) is 3.28. The number of nitrogens with two attached hydrogens (primary N) is 1. The van der Waals surface area contributed by atoms with Crippen molar-refractivity contribution in [2.24, 2.45) is 12.8 Å². The number of aromatic nitrogens is 2. The van der Waals surface area contributed by atoms with Crippen LogP contribution in [0.3, 0.4) is 0 Å². The van der Waals surface area contributed by atoms with E-state index in [1.165, 1.54) is 0 Å². The van der Waals surface area contributed by atoms with Crippen molar-refractivity contribution in [2.75, 3.05) is 13.2 Å². The fraction of sp³-hybridized carbons (Fsp3) is 0.529. The number of fused-ring (bicyclic) bond motifs is 1. The van der Waals surface area contributed by atoms with Crippen LogP contribution in [-0.4, -0.2) is 22.8 Å². The van der Waals surface area contributed by atoms with Gasteiger partial charge in [0.05, 0.1) is 22.9 Å². The predicted octanol–water partition coefficient (Wildman–Crippen LogP) is 1.94. The molecule has 0 bridgehead atoms. The minimum absolute atomic E-state index is 0.0151. The lowest BCUT2D eigenvalue weighted by molar-refractivity contribution is 0.178. The molecule has 0 saturated carbocycles. The maximum Gasteiger partial charge on any atom is 0.261 e. The Balaban J connectivity index is 2.37. The van der Waals surface area contributed by atoms with E-state index in [9.17, 15) is 4.79 Å². The van der Waals surface area contributed by atoms with E-state index in [0.717, 1.165) is 28.9 Å². The van der Waals surface area contributed by atoms with E-state index in [1.54, 1.807) is 11.6 Å². The van der Waals surface area contributed by atoms with Crippen LogP contribution in [0.25, 0.3) is 10.9 Å². The first-order valence-corrected chi connectivity index (χ1v) is 7.68. The van der Waals surface area contributed by atoms with E-state index in [-0.39, 0.29) is 17.0 Å². The van der Waals surface area contributed by atoms with Crippen molar-refractivity contribution in [3.05, 3.63) is 39.4 Å². The van der Waals surface area contributed by atoms with E-state index in [1.807, 2.05) is 26.0 Å². The molecule has 0 aliphatic carbocycles. The van der Waals surface area contributed by atoms with Crippen LogP contribution in [-0.2, 0) is 17.2 Å². The quantitative estimate of drug-likeness (QED) is 0.920. The zero-order chi connectivity index (χ0) is 16.1. The molecule has 118 valence electrons. The van der Waals surface area contributed by atoms with Gasteiger partial charge >= 0.3 is 0 Å². The van der Waals surface area contributed by atoms with Gasteiger partial charge in [-0.3, -0.25) is 9.36 Å². The highest BCUT2D eigenvalue weighted by atomic mass is 16.5. The van der Waals surface area contributed by atoms with Crippen LogP contribution in [0.15, 0.2) is 16.9 Å². The van der Waals surface area contributed by atoms with Crippen molar-refractivity contribution < 1.29 is 4.74 Å². The Bertz CT molecular complexity index is 787. The van der Waals surface area contributed by atoms with E-state index in [0.29, 0.717) is 18.6 Å². The smallest absolute Gasteiger partial charge is 0.261 e. The Morgan fingerprint density at radius 2 is 2.18 bits per heavy atom. The number of hydrogen-bond acceptors (Lipinski definition) is 4. The maximum absolute atomic E-state index is 12.8. The molecule has 1 fully saturated rings.